The molecule has 2 aromatic carbocycles. The summed E-state index contributed by atoms with van der Waals surface area (Å²) in [6, 6.07) is 15.0. The van der Waals surface area contributed by atoms with Crippen LogP contribution in [-0.4, -0.2) is 28.2 Å². The predicted octanol–water partition coefficient (Wildman–Crippen LogP) is 6.16. The molecule has 0 bridgehead atoms. The number of benzene rings is 2. The first kappa shape index (κ1) is 23.9. The number of hydrogen-bond donors (Lipinski definition) is 1. The van der Waals surface area contributed by atoms with Crippen LogP contribution in [-0.2, 0) is 21.4 Å². The maximum absolute atomic E-state index is 13.3. The molecule has 3 aromatic rings. The Labute approximate surface area is 203 Å². The van der Waals surface area contributed by atoms with Gasteiger partial charge in [-0.1, -0.05) is 51.1 Å². The third-order valence-electron chi connectivity index (χ3n) is 6.27. The number of carbonyl (C=O) groups excluding carboxylic acids is 2. The Morgan fingerprint density at radius 1 is 1.09 bits per heavy atom. The van der Waals surface area contributed by atoms with Gasteiger partial charge in [0.1, 0.15) is 11.6 Å². The van der Waals surface area contributed by atoms with Crippen molar-refractivity contribution in [3.8, 4) is 0 Å². The normalized spacial score (nSPS) is 18.0. The lowest BCUT2D eigenvalue weighted by Gasteiger charge is -2.25. The number of amides is 1. The van der Waals surface area contributed by atoms with Gasteiger partial charge in [0.15, 0.2) is 0 Å². The van der Waals surface area contributed by atoms with E-state index < -0.39 is 17.7 Å². The smallest absolute Gasteiger partial charge is 0.295 e. The summed E-state index contributed by atoms with van der Waals surface area (Å²) in [7, 11) is 0. The second-order valence-corrected chi connectivity index (χ2v) is 10.6. The molecule has 1 aromatic heterocycles. The quantitative estimate of drug-likeness (QED) is 0.272. The molecule has 6 heteroatoms. The van der Waals surface area contributed by atoms with Gasteiger partial charge in [-0.3, -0.25) is 9.59 Å². The Balaban J connectivity index is 1.78. The number of carbonyl (C=O) groups is 2. The summed E-state index contributed by atoms with van der Waals surface area (Å²) in [6.07, 6.45) is 0.466. The van der Waals surface area contributed by atoms with Crippen molar-refractivity contribution in [1.29, 1.82) is 0 Å². The number of likely N-dealkylation sites (tertiary alicyclic amines) is 1. The molecule has 1 fully saturated rings. The number of aliphatic hydroxyl groups excluding tert-OH is 1. The van der Waals surface area contributed by atoms with Gasteiger partial charge in [0.05, 0.1) is 11.6 Å². The highest BCUT2D eigenvalue weighted by Crippen LogP contribution is 2.42. The number of hydrogen-bond acceptors (Lipinski definition) is 4. The van der Waals surface area contributed by atoms with Crippen molar-refractivity contribution in [3.63, 3.8) is 0 Å². The monoisotopic (exact) mass is 477 g/mol. The van der Waals surface area contributed by atoms with E-state index in [-0.39, 0.29) is 29.1 Å². The minimum atomic E-state index is -0.685. The molecule has 34 heavy (non-hydrogen) atoms. The maximum Gasteiger partial charge on any atom is 0.295 e. The van der Waals surface area contributed by atoms with E-state index in [0.717, 1.165) is 21.6 Å². The summed E-state index contributed by atoms with van der Waals surface area (Å²) in [4.78, 5) is 28.7. The van der Waals surface area contributed by atoms with E-state index in [4.69, 9.17) is 0 Å². The molecule has 4 nitrogen and oxygen atoms in total. The summed E-state index contributed by atoms with van der Waals surface area (Å²) < 4.78 is 13.3. The zero-order chi connectivity index (χ0) is 24.6. The van der Waals surface area contributed by atoms with Gasteiger partial charge in [0.25, 0.3) is 11.7 Å². The summed E-state index contributed by atoms with van der Waals surface area (Å²) in [5, 5.41) is 13.3. The average Bonchev–Trinajstić information content (AvgIpc) is 3.40. The van der Waals surface area contributed by atoms with Crippen LogP contribution < -0.4 is 0 Å². The van der Waals surface area contributed by atoms with Crippen molar-refractivity contribution in [2.45, 2.75) is 45.6 Å². The third kappa shape index (κ3) is 4.55. The Morgan fingerprint density at radius 2 is 1.79 bits per heavy atom. The summed E-state index contributed by atoms with van der Waals surface area (Å²) in [6.45, 7) is 8.41. The highest BCUT2D eigenvalue weighted by atomic mass is 32.1. The Kier molecular flexibility index (Phi) is 6.45. The van der Waals surface area contributed by atoms with Gasteiger partial charge in [-0.25, -0.2) is 4.39 Å². The highest BCUT2D eigenvalue weighted by molar-refractivity contribution is 7.10. The van der Waals surface area contributed by atoms with Crippen LogP contribution in [0.2, 0.25) is 0 Å². The first-order valence-corrected chi connectivity index (χ1v) is 12.1. The van der Waals surface area contributed by atoms with E-state index >= 15 is 0 Å². The van der Waals surface area contributed by atoms with Crippen molar-refractivity contribution >= 4 is 28.8 Å². The van der Waals surface area contributed by atoms with Gasteiger partial charge in [-0.05, 0) is 65.1 Å². The maximum atomic E-state index is 13.3. The molecule has 1 amide bonds. The molecule has 1 aliphatic heterocycles. The van der Waals surface area contributed by atoms with Crippen LogP contribution in [0.5, 0.6) is 0 Å². The largest absolute Gasteiger partial charge is 0.507 e. The molecule has 1 N–H and O–H groups in total. The molecular formula is C28H28FNO3S. The number of aryl methyl sites for hydroxylation is 1. The molecule has 176 valence electrons. The van der Waals surface area contributed by atoms with Gasteiger partial charge in [0.2, 0.25) is 0 Å². The zero-order valence-electron chi connectivity index (χ0n) is 19.8. The van der Waals surface area contributed by atoms with E-state index in [0.29, 0.717) is 12.0 Å². The van der Waals surface area contributed by atoms with Gasteiger partial charge in [0, 0.05) is 17.0 Å². The molecule has 1 unspecified atom stereocenters. The first-order chi connectivity index (χ1) is 16.1. The lowest BCUT2D eigenvalue weighted by Crippen LogP contribution is -2.31. The molecule has 4 rings (SSSR count). The number of thiophene rings is 1. The van der Waals surface area contributed by atoms with Gasteiger partial charge < -0.3 is 10.0 Å². The fraction of sp³-hybridized carbons (Fsp3) is 0.286. The third-order valence-corrected chi connectivity index (χ3v) is 7.19. The lowest BCUT2D eigenvalue weighted by molar-refractivity contribution is -0.139. The lowest BCUT2D eigenvalue weighted by atomic mass is 9.84. The van der Waals surface area contributed by atoms with E-state index in [9.17, 15) is 19.1 Å². The average molecular weight is 478 g/mol. The number of aliphatic hydroxyl groups is 1. The van der Waals surface area contributed by atoms with Crippen LogP contribution in [0.15, 0.2) is 65.6 Å². The van der Waals surface area contributed by atoms with E-state index in [1.807, 2.05) is 42.6 Å². The summed E-state index contributed by atoms with van der Waals surface area (Å²) in [5.41, 5.74) is 3.25. The van der Waals surface area contributed by atoms with Crippen molar-refractivity contribution in [3.05, 3.63) is 98.5 Å². The standard InChI is InChI=1S/C28H28FNO3S/c1-17-7-10-19(28(2,3)4)16-21(17)25(31)23-24(22-6-5-15-34-22)30(27(33)26(23)32)14-13-18-8-11-20(29)12-9-18/h5-12,15-16,24,31H,13-14H2,1-4H3/b25-23+. The molecular weight excluding hydrogens is 449 g/mol. The second kappa shape index (κ2) is 9.18. The summed E-state index contributed by atoms with van der Waals surface area (Å²) >= 11 is 1.44. The van der Waals surface area contributed by atoms with Crippen molar-refractivity contribution < 1.29 is 19.1 Å². The number of ketones is 1. The van der Waals surface area contributed by atoms with Crippen LogP contribution in [0, 0.1) is 12.7 Å². The molecule has 2 heterocycles. The number of Topliss-reactive ketones (excluding diaryl/α,β-unsaturated/α-hetero) is 1. The number of halogens is 1. The number of nitrogens with zero attached hydrogens (tertiary/aromatic N) is 1. The van der Waals surface area contributed by atoms with E-state index in [1.165, 1.54) is 28.4 Å². The first-order valence-electron chi connectivity index (χ1n) is 11.3. The predicted molar refractivity (Wildman–Crippen MR) is 133 cm³/mol. The van der Waals surface area contributed by atoms with Crippen molar-refractivity contribution in [2.24, 2.45) is 0 Å². The highest BCUT2D eigenvalue weighted by Gasteiger charge is 2.46. The van der Waals surface area contributed by atoms with E-state index in [1.54, 1.807) is 12.1 Å². The van der Waals surface area contributed by atoms with Gasteiger partial charge >= 0.3 is 0 Å². The van der Waals surface area contributed by atoms with Crippen LogP contribution in [0.1, 0.15) is 53.9 Å². The molecule has 1 atom stereocenters. The molecule has 0 aliphatic carbocycles. The van der Waals surface area contributed by atoms with Crippen molar-refractivity contribution in [2.75, 3.05) is 6.54 Å². The number of rotatable bonds is 5. The van der Waals surface area contributed by atoms with Crippen molar-refractivity contribution in [1.82, 2.24) is 4.90 Å². The fourth-order valence-electron chi connectivity index (χ4n) is 4.24. The molecule has 0 radical (unpaired) electrons. The zero-order valence-corrected chi connectivity index (χ0v) is 20.6. The molecule has 1 saturated heterocycles. The van der Waals surface area contributed by atoms with Crippen LogP contribution in [0.3, 0.4) is 0 Å². The van der Waals surface area contributed by atoms with E-state index in [2.05, 4.69) is 20.8 Å². The Hall–Kier alpha value is -3.25. The molecule has 0 saturated carbocycles. The Morgan fingerprint density at radius 3 is 2.41 bits per heavy atom. The van der Waals surface area contributed by atoms with Gasteiger partial charge in [-0.15, -0.1) is 11.3 Å². The second-order valence-electron chi connectivity index (χ2n) is 9.66. The van der Waals surface area contributed by atoms with Crippen LogP contribution >= 0.6 is 11.3 Å². The molecule has 0 spiro atoms. The molecule has 1 aliphatic rings. The van der Waals surface area contributed by atoms with Crippen LogP contribution in [0.25, 0.3) is 5.76 Å². The summed E-state index contributed by atoms with van der Waals surface area (Å²) in [5.74, 6) is -1.79. The Bertz CT molecular complexity index is 1250. The van der Waals surface area contributed by atoms with Gasteiger partial charge in [-0.2, -0.15) is 0 Å². The SMILES string of the molecule is Cc1ccc(C(C)(C)C)cc1/C(O)=C1\C(=O)C(=O)N(CCc2ccc(F)cc2)C1c1cccs1. The fourth-order valence-corrected chi connectivity index (χ4v) is 5.09. The minimum Gasteiger partial charge on any atom is -0.507 e. The minimum absolute atomic E-state index is 0.112. The van der Waals surface area contributed by atoms with Crippen LogP contribution in [0.4, 0.5) is 4.39 Å². The topological polar surface area (TPSA) is 57.6 Å².